The van der Waals surface area contributed by atoms with Crippen LogP contribution >= 0.6 is 0 Å². The quantitative estimate of drug-likeness (QED) is 0.397. The van der Waals surface area contributed by atoms with Crippen molar-refractivity contribution in [3.8, 4) is 0 Å². The molecule has 0 aliphatic rings. The molecule has 21 heavy (non-hydrogen) atoms. The number of rotatable bonds is 11. The van der Waals surface area contributed by atoms with Crippen molar-refractivity contribution in [1.29, 1.82) is 0 Å². The Kier molecular flexibility index (Phi) is 10.4. The lowest BCUT2D eigenvalue weighted by molar-refractivity contribution is -0.00956. The van der Waals surface area contributed by atoms with Crippen molar-refractivity contribution in [3.05, 3.63) is 36.0 Å². The highest BCUT2D eigenvalue weighted by molar-refractivity contribution is 5.02. The second kappa shape index (κ2) is 10.8. The molecule has 0 saturated heterocycles. The van der Waals surface area contributed by atoms with Crippen LogP contribution in [0.15, 0.2) is 36.0 Å². The topological polar surface area (TPSA) is 9.23 Å². The summed E-state index contributed by atoms with van der Waals surface area (Å²) in [4.78, 5) is 0. The van der Waals surface area contributed by atoms with Crippen molar-refractivity contribution in [2.24, 2.45) is 5.92 Å². The molecular weight excluding hydrogens is 256 g/mol. The van der Waals surface area contributed by atoms with Crippen molar-refractivity contribution in [3.63, 3.8) is 0 Å². The van der Waals surface area contributed by atoms with Crippen LogP contribution in [-0.2, 0) is 4.74 Å². The van der Waals surface area contributed by atoms with Gasteiger partial charge in [0.2, 0.25) is 0 Å². The van der Waals surface area contributed by atoms with Crippen molar-refractivity contribution in [2.45, 2.75) is 79.2 Å². The third kappa shape index (κ3) is 12.6. The summed E-state index contributed by atoms with van der Waals surface area (Å²) in [6, 6.07) is 0. The molecule has 1 nitrogen and oxygen atoms in total. The zero-order valence-electron chi connectivity index (χ0n) is 15.2. The van der Waals surface area contributed by atoms with Gasteiger partial charge in [0.05, 0.1) is 12.2 Å². The Hall–Kier alpha value is -0.820. The molecule has 0 aliphatic carbocycles. The highest BCUT2D eigenvalue weighted by Crippen LogP contribution is 2.20. The maximum Gasteiger partial charge on any atom is 0.0657 e. The Morgan fingerprint density at radius 2 is 1.86 bits per heavy atom. The Balaban J connectivity index is 3.95. The molecule has 1 unspecified atom stereocenters. The van der Waals surface area contributed by atoms with Gasteiger partial charge in [-0.3, -0.25) is 0 Å². The van der Waals surface area contributed by atoms with E-state index in [1.165, 1.54) is 24.0 Å². The van der Waals surface area contributed by atoms with Gasteiger partial charge < -0.3 is 4.74 Å². The first-order valence-electron chi connectivity index (χ1n) is 8.32. The maximum absolute atomic E-state index is 6.03. The molecule has 122 valence electrons. The summed E-state index contributed by atoms with van der Waals surface area (Å²) >= 11 is 0. The predicted octanol–water partition coefficient (Wildman–Crippen LogP) is 6.47. The highest BCUT2D eigenvalue weighted by Gasteiger charge is 2.17. The minimum absolute atomic E-state index is 0.0302. The lowest BCUT2D eigenvalue weighted by Crippen LogP contribution is -2.24. The van der Waals surface area contributed by atoms with Gasteiger partial charge in [0.1, 0.15) is 0 Å². The van der Waals surface area contributed by atoms with Gasteiger partial charge >= 0.3 is 0 Å². The third-order valence-electron chi connectivity index (χ3n) is 3.84. The van der Waals surface area contributed by atoms with E-state index in [4.69, 9.17) is 4.74 Å². The number of allylic oxidation sites excluding steroid dienone is 4. The number of hydrogen-bond acceptors (Lipinski definition) is 1. The molecule has 0 N–H and O–H groups in total. The van der Waals surface area contributed by atoms with E-state index in [0.29, 0.717) is 5.92 Å². The molecule has 0 heterocycles. The van der Waals surface area contributed by atoms with Gasteiger partial charge in [-0.25, -0.2) is 0 Å². The Morgan fingerprint density at radius 1 is 1.19 bits per heavy atom. The highest BCUT2D eigenvalue weighted by atomic mass is 16.5. The fourth-order valence-corrected chi connectivity index (χ4v) is 2.14. The second-order valence-corrected chi connectivity index (χ2v) is 7.05. The van der Waals surface area contributed by atoms with Gasteiger partial charge in [-0.05, 0) is 66.2 Å². The fourth-order valence-electron chi connectivity index (χ4n) is 2.14. The maximum atomic E-state index is 6.03. The minimum Gasteiger partial charge on any atom is -0.372 e. The third-order valence-corrected chi connectivity index (χ3v) is 3.84. The zero-order valence-corrected chi connectivity index (χ0v) is 15.2. The predicted molar refractivity (Wildman–Crippen MR) is 95.7 cm³/mol. The van der Waals surface area contributed by atoms with E-state index in [-0.39, 0.29) is 5.60 Å². The van der Waals surface area contributed by atoms with Crippen LogP contribution in [0.25, 0.3) is 0 Å². The molecule has 0 aromatic carbocycles. The normalized spacial score (nSPS) is 13.9. The first kappa shape index (κ1) is 20.2. The molecular formula is C20H36O. The van der Waals surface area contributed by atoms with E-state index >= 15 is 0 Å². The van der Waals surface area contributed by atoms with Crippen molar-refractivity contribution < 1.29 is 4.74 Å². The van der Waals surface area contributed by atoms with Gasteiger partial charge in [0.25, 0.3) is 0 Å². The minimum atomic E-state index is -0.0302. The molecule has 0 bridgehead atoms. The van der Waals surface area contributed by atoms with Crippen LogP contribution in [0.3, 0.4) is 0 Å². The summed E-state index contributed by atoms with van der Waals surface area (Å²) in [5.74, 6) is 0.609. The van der Waals surface area contributed by atoms with Crippen LogP contribution in [0, 0.1) is 5.92 Å². The lowest BCUT2D eigenvalue weighted by atomic mass is 9.97. The first-order chi connectivity index (χ1) is 9.76. The van der Waals surface area contributed by atoms with Crippen LogP contribution in [0.4, 0.5) is 0 Å². The molecule has 1 heteroatoms. The summed E-state index contributed by atoms with van der Waals surface area (Å²) in [6.45, 7) is 17.7. The summed E-state index contributed by atoms with van der Waals surface area (Å²) in [5.41, 5.74) is 2.79. The molecule has 0 radical (unpaired) electrons. The standard InChI is InChI=1S/C20H36O/c1-8-18(4)13-10-15-20(6,7)21-16-14-19(5)12-9-11-17(2)3/h8,11,14,18H,1,9-10,12-13,15-16H2,2-7H3/b19-14+. The van der Waals surface area contributed by atoms with Crippen molar-refractivity contribution in [2.75, 3.05) is 6.61 Å². The van der Waals surface area contributed by atoms with Gasteiger partial charge in [-0.1, -0.05) is 42.7 Å². The SMILES string of the molecule is C=CC(C)CCCC(C)(C)OC/C=C(\C)CCC=C(C)C. The van der Waals surface area contributed by atoms with Crippen LogP contribution in [0.2, 0.25) is 0 Å². The first-order valence-corrected chi connectivity index (χ1v) is 8.32. The average Bonchev–Trinajstić information content (AvgIpc) is 2.37. The van der Waals surface area contributed by atoms with Gasteiger partial charge in [-0.15, -0.1) is 6.58 Å². The molecule has 0 aromatic heterocycles. The average molecular weight is 293 g/mol. The summed E-state index contributed by atoms with van der Waals surface area (Å²) in [5, 5.41) is 0. The van der Waals surface area contributed by atoms with Crippen LogP contribution in [-0.4, -0.2) is 12.2 Å². The van der Waals surface area contributed by atoms with E-state index in [9.17, 15) is 0 Å². The number of ether oxygens (including phenoxy) is 1. The Labute approximate surface area is 133 Å². The Bertz CT molecular complexity index is 343. The monoisotopic (exact) mass is 292 g/mol. The van der Waals surface area contributed by atoms with Crippen molar-refractivity contribution in [1.82, 2.24) is 0 Å². The van der Waals surface area contributed by atoms with E-state index in [0.717, 1.165) is 25.9 Å². The Morgan fingerprint density at radius 3 is 2.43 bits per heavy atom. The summed E-state index contributed by atoms with van der Waals surface area (Å²) in [6.07, 6.45) is 12.3. The summed E-state index contributed by atoms with van der Waals surface area (Å²) < 4.78 is 6.03. The largest absolute Gasteiger partial charge is 0.372 e. The zero-order chi connectivity index (χ0) is 16.3. The molecule has 0 aromatic rings. The molecule has 0 saturated carbocycles. The molecule has 0 aliphatic heterocycles. The molecule has 0 amide bonds. The fraction of sp³-hybridized carbons (Fsp3) is 0.700. The molecule has 0 spiro atoms. The smallest absolute Gasteiger partial charge is 0.0657 e. The van der Waals surface area contributed by atoms with Crippen LogP contribution in [0.1, 0.15) is 73.6 Å². The summed E-state index contributed by atoms with van der Waals surface area (Å²) in [7, 11) is 0. The lowest BCUT2D eigenvalue weighted by Gasteiger charge is -2.25. The van der Waals surface area contributed by atoms with Crippen LogP contribution < -0.4 is 0 Å². The van der Waals surface area contributed by atoms with Crippen molar-refractivity contribution >= 4 is 0 Å². The van der Waals surface area contributed by atoms with E-state index in [1.54, 1.807) is 0 Å². The van der Waals surface area contributed by atoms with Crippen LogP contribution in [0.5, 0.6) is 0 Å². The number of hydrogen-bond donors (Lipinski definition) is 0. The van der Waals surface area contributed by atoms with E-state index < -0.39 is 0 Å². The van der Waals surface area contributed by atoms with E-state index in [2.05, 4.69) is 60.3 Å². The van der Waals surface area contributed by atoms with Gasteiger partial charge in [0, 0.05) is 0 Å². The molecule has 1 atom stereocenters. The molecule has 0 rings (SSSR count). The van der Waals surface area contributed by atoms with Gasteiger partial charge in [0.15, 0.2) is 0 Å². The van der Waals surface area contributed by atoms with Gasteiger partial charge in [-0.2, -0.15) is 0 Å². The molecule has 0 fully saturated rings. The van der Waals surface area contributed by atoms with E-state index in [1.807, 2.05) is 6.08 Å². The second-order valence-electron chi connectivity index (χ2n) is 7.05.